The van der Waals surface area contributed by atoms with Crippen LogP contribution in [-0.2, 0) is 17.1 Å². The van der Waals surface area contributed by atoms with E-state index in [1.807, 2.05) is 6.07 Å². The number of hydrogen-bond donors (Lipinski definition) is 1. The lowest BCUT2D eigenvalue weighted by molar-refractivity contribution is 0.181. The third-order valence-corrected chi connectivity index (χ3v) is 3.82. The van der Waals surface area contributed by atoms with Gasteiger partial charge in [-0.2, -0.15) is 0 Å². The van der Waals surface area contributed by atoms with Crippen LogP contribution in [0, 0.1) is 6.92 Å². The summed E-state index contributed by atoms with van der Waals surface area (Å²) in [7, 11) is 1.68. The second-order valence-electron chi connectivity index (χ2n) is 4.73. The monoisotopic (exact) mass is 303 g/mol. The molecule has 21 heavy (non-hydrogen) atoms. The maximum absolute atomic E-state index is 5.17. The molecule has 1 aromatic carbocycles. The highest BCUT2D eigenvalue weighted by atomic mass is 32.2. The Morgan fingerprint density at radius 2 is 2.10 bits per heavy atom. The molecule has 0 saturated heterocycles. The lowest BCUT2D eigenvalue weighted by Gasteiger charge is -2.08. The fraction of sp³-hybridized carbons (Fsp3) is 0.375. The van der Waals surface area contributed by atoms with Gasteiger partial charge in [-0.15, -0.1) is 11.8 Å². The molecule has 0 amide bonds. The Balaban J connectivity index is 2.10. The lowest BCUT2D eigenvalue weighted by atomic mass is 10.2. The molecule has 0 radical (unpaired) electrons. The Morgan fingerprint density at radius 3 is 2.81 bits per heavy atom. The summed E-state index contributed by atoms with van der Waals surface area (Å²) in [6, 6.07) is 10.4. The molecular weight excluding hydrogens is 282 g/mol. The summed E-state index contributed by atoms with van der Waals surface area (Å²) >= 11 is 1.75. The predicted molar refractivity (Wildman–Crippen MR) is 87.6 cm³/mol. The van der Waals surface area contributed by atoms with Gasteiger partial charge in [-0.25, -0.2) is 9.97 Å². The van der Waals surface area contributed by atoms with Crippen molar-refractivity contribution in [3.63, 3.8) is 0 Å². The fourth-order valence-electron chi connectivity index (χ4n) is 1.96. The Kier molecular flexibility index (Phi) is 6.02. The molecule has 5 heteroatoms. The van der Waals surface area contributed by atoms with Crippen LogP contribution in [0.25, 0.3) is 0 Å². The van der Waals surface area contributed by atoms with Gasteiger partial charge in [0.15, 0.2) is 0 Å². The zero-order valence-electron chi connectivity index (χ0n) is 12.7. The Labute approximate surface area is 130 Å². The third-order valence-electron chi connectivity index (χ3n) is 2.83. The lowest BCUT2D eigenvalue weighted by Crippen LogP contribution is -2.06. The zero-order chi connectivity index (χ0) is 15.1. The summed E-state index contributed by atoms with van der Waals surface area (Å²) in [5.41, 5.74) is 2.17. The van der Waals surface area contributed by atoms with E-state index < -0.39 is 0 Å². The first-order chi connectivity index (χ1) is 10.2. The van der Waals surface area contributed by atoms with Crippen LogP contribution >= 0.6 is 11.8 Å². The second-order valence-corrected chi connectivity index (χ2v) is 5.78. The average molecular weight is 303 g/mol. The van der Waals surface area contributed by atoms with Crippen LogP contribution in [-0.4, -0.2) is 23.6 Å². The van der Waals surface area contributed by atoms with Gasteiger partial charge in [-0.1, -0.05) is 17.7 Å². The molecule has 0 aliphatic carbocycles. The minimum Gasteiger partial charge on any atom is -0.378 e. The van der Waals surface area contributed by atoms with E-state index in [9.17, 15) is 0 Å². The second kappa shape index (κ2) is 8.00. The standard InChI is InChI=1S/C16H21N3OS/c1-4-17-15-9-13(10-20-3)18-16(19-15)11-21-14-7-5-6-12(2)8-14/h5-9H,4,10-11H2,1-3H3,(H,17,18,19). The van der Waals surface area contributed by atoms with Crippen LogP contribution in [0.2, 0.25) is 0 Å². The Morgan fingerprint density at radius 1 is 1.24 bits per heavy atom. The molecule has 0 saturated carbocycles. The molecule has 0 aliphatic rings. The maximum Gasteiger partial charge on any atom is 0.141 e. The molecule has 0 bridgehead atoms. The number of methoxy groups -OCH3 is 1. The van der Waals surface area contributed by atoms with Crippen molar-refractivity contribution in [2.45, 2.75) is 31.1 Å². The van der Waals surface area contributed by atoms with Crippen molar-refractivity contribution >= 4 is 17.6 Å². The van der Waals surface area contributed by atoms with Crippen LogP contribution in [0.15, 0.2) is 35.2 Å². The van der Waals surface area contributed by atoms with Crippen molar-refractivity contribution < 1.29 is 4.74 Å². The third kappa shape index (κ3) is 5.02. The van der Waals surface area contributed by atoms with E-state index >= 15 is 0 Å². The smallest absolute Gasteiger partial charge is 0.141 e. The van der Waals surface area contributed by atoms with Crippen LogP contribution < -0.4 is 5.32 Å². The van der Waals surface area contributed by atoms with Crippen molar-refractivity contribution in [2.75, 3.05) is 19.0 Å². The maximum atomic E-state index is 5.17. The van der Waals surface area contributed by atoms with Crippen LogP contribution in [0.4, 0.5) is 5.82 Å². The SMILES string of the molecule is CCNc1cc(COC)nc(CSc2cccc(C)c2)n1. The molecule has 1 N–H and O–H groups in total. The summed E-state index contributed by atoms with van der Waals surface area (Å²) in [5, 5.41) is 3.24. The number of anilines is 1. The summed E-state index contributed by atoms with van der Waals surface area (Å²) in [5.74, 6) is 2.44. The quantitative estimate of drug-likeness (QED) is 0.791. The number of benzene rings is 1. The van der Waals surface area contributed by atoms with Gasteiger partial charge in [0.2, 0.25) is 0 Å². The first-order valence-corrected chi connectivity index (χ1v) is 7.99. The number of ether oxygens (including phenoxy) is 1. The molecule has 1 aromatic heterocycles. The highest BCUT2D eigenvalue weighted by Crippen LogP contribution is 2.23. The largest absolute Gasteiger partial charge is 0.378 e. The predicted octanol–water partition coefficient (Wildman–Crippen LogP) is 3.66. The van der Waals surface area contributed by atoms with E-state index in [-0.39, 0.29) is 0 Å². The molecule has 0 unspecified atom stereocenters. The molecule has 2 rings (SSSR count). The van der Waals surface area contributed by atoms with Crippen molar-refractivity contribution in [1.29, 1.82) is 0 Å². The van der Waals surface area contributed by atoms with E-state index in [1.54, 1.807) is 18.9 Å². The van der Waals surface area contributed by atoms with Crippen molar-refractivity contribution in [3.8, 4) is 0 Å². The van der Waals surface area contributed by atoms with Crippen LogP contribution in [0.3, 0.4) is 0 Å². The molecule has 4 nitrogen and oxygen atoms in total. The molecule has 0 spiro atoms. The number of hydrogen-bond acceptors (Lipinski definition) is 5. The van der Waals surface area contributed by atoms with Gasteiger partial charge < -0.3 is 10.1 Å². The minimum atomic E-state index is 0.503. The summed E-state index contributed by atoms with van der Waals surface area (Å²) < 4.78 is 5.17. The molecule has 0 atom stereocenters. The molecule has 1 heterocycles. The van der Waals surface area contributed by atoms with Crippen LogP contribution in [0.1, 0.15) is 24.0 Å². The van der Waals surface area contributed by atoms with E-state index in [1.165, 1.54) is 10.5 Å². The zero-order valence-corrected chi connectivity index (χ0v) is 13.5. The number of aromatic nitrogens is 2. The molecule has 0 fully saturated rings. The Bertz CT molecular complexity index is 565. The fourth-order valence-corrected chi connectivity index (χ4v) is 2.83. The van der Waals surface area contributed by atoms with Crippen molar-refractivity contribution in [2.24, 2.45) is 0 Å². The van der Waals surface area contributed by atoms with Gasteiger partial charge >= 0.3 is 0 Å². The van der Waals surface area contributed by atoms with Gasteiger partial charge in [-0.3, -0.25) is 0 Å². The van der Waals surface area contributed by atoms with Gasteiger partial charge in [0.25, 0.3) is 0 Å². The average Bonchev–Trinajstić information content (AvgIpc) is 2.46. The van der Waals surface area contributed by atoms with Gasteiger partial charge in [0, 0.05) is 24.6 Å². The number of thioether (sulfide) groups is 1. The summed E-state index contributed by atoms with van der Waals surface area (Å²) in [4.78, 5) is 10.3. The van der Waals surface area contributed by atoms with Gasteiger partial charge in [0.1, 0.15) is 11.6 Å². The van der Waals surface area contributed by atoms with Gasteiger partial charge in [-0.05, 0) is 26.0 Å². The van der Waals surface area contributed by atoms with E-state index in [4.69, 9.17) is 4.74 Å². The highest BCUT2D eigenvalue weighted by Gasteiger charge is 2.05. The van der Waals surface area contributed by atoms with E-state index in [0.29, 0.717) is 6.61 Å². The molecule has 0 aliphatic heterocycles. The number of rotatable bonds is 7. The van der Waals surface area contributed by atoms with Crippen molar-refractivity contribution in [3.05, 3.63) is 47.4 Å². The van der Waals surface area contributed by atoms with E-state index in [0.717, 1.165) is 29.6 Å². The van der Waals surface area contributed by atoms with Gasteiger partial charge in [0.05, 0.1) is 18.1 Å². The number of aryl methyl sites for hydroxylation is 1. The van der Waals surface area contributed by atoms with Crippen LogP contribution in [0.5, 0.6) is 0 Å². The van der Waals surface area contributed by atoms with Crippen molar-refractivity contribution in [1.82, 2.24) is 9.97 Å². The molecule has 112 valence electrons. The number of nitrogens with zero attached hydrogens (tertiary/aromatic N) is 2. The highest BCUT2D eigenvalue weighted by molar-refractivity contribution is 7.98. The minimum absolute atomic E-state index is 0.503. The first kappa shape index (κ1) is 15.8. The Hall–Kier alpha value is -1.59. The summed E-state index contributed by atoms with van der Waals surface area (Å²) in [6.07, 6.45) is 0. The normalized spacial score (nSPS) is 10.6. The molecular formula is C16H21N3OS. The first-order valence-electron chi connectivity index (χ1n) is 7.00. The summed E-state index contributed by atoms with van der Waals surface area (Å²) in [6.45, 7) is 5.50. The topological polar surface area (TPSA) is 47.0 Å². The number of nitrogens with one attached hydrogen (secondary N) is 1. The molecule has 2 aromatic rings. The van der Waals surface area contributed by atoms with E-state index in [2.05, 4.69) is 53.4 Å².